The molecule has 1 atom stereocenters. The van der Waals surface area contributed by atoms with E-state index in [1.54, 1.807) is 42.3 Å². The third kappa shape index (κ3) is 7.22. The Bertz CT molecular complexity index is 1200. The van der Waals surface area contributed by atoms with Gasteiger partial charge in [0.15, 0.2) is 0 Å². The fourth-order valence-electron chi connectivity index (χ4n) is 3.31. The van der Waals surface area contributed by atoms with Crippen LogP contribution in [0.15, 0.2) is 53.2 Å². The second-order valence-electron chi connectivity index (χ2n) is 8.04. The molecule has 1 saturated carbocycles. The molecule has 35 heavy (non-hydrogen) atoms. The lowest BCUT2D eigenvalue weighted by atomic mass is 10.1. The minimum atomic E-state index is -1.16. The average molecular weight is 535 g/mol. The number of pyridine rings is 1. The van der Waals surface area contributed by atoms with Gasteiger partial charge in [-0.25, -0.2) is 4.79 Å². The van der Waals surface area contributed by atoms with E-state index >= 15 is 0 Å². The SMILES string of the molecule is O=C(O)c1cnccc1NC(=O)C(CCNSC1CC1)NCc1ccc(-c2cc(Cl)ccc2Cl)o1. The van der Waals surface area contributed by atoms with Crippen molar-refractivity contribution in [3.05, 3.63) is 70.2 Å². The number of aromatic carboxylic acids is 1. The fraction of sp³-hybridized carbons (Fsp3) is 0.292. The zero-order chi connectivity index (χ0) is 24.8. The number of furan rings is 1. The maximum absolute atomic E-state index is 13.1. The van der Waals surface area contributed by atoms with Gasteiger partial charge in [0.2, 0.25) is 5.91 Å². The minimum Gasteiger partial charge on any atom is -0.478 e. The number of carboxylic acids is 1. The van der Waals surface area contributed by atoms with E-state index in [-0.39, 0.29) is 23.7 Å². The number of amides is 1. The van der Waals surface area contributed by atoms with Crippen LogP contribution in [0.5, 0.6) is 0 Å². The van der Waals surface area contributed by atoms with Gasteiger partial charge in [0.1, 0.15) is 17.1 Å². The van der Waals surface area contributed by atoms with Crippen molar-refractivity contribution in [2.45, 2.75) is 37.1 Å². The highest BCUT2D eigenvalue weighted by molar-refractivity contribution is 7.98. The van der Waals surface area contributed by atoms with Gasteiger partial charge in [0.25, 0.3) is 0 Å². The normalized spacial score (nSPS) is 14.0. The molecule has 2 heterocycles. The van der Waals surface area contributed by atoms with Gasteiger partial charge in [-0.05, 0) is 55.7 Å². The molecule has 1 unspecified atom stereocenters. The van der Waals surface area contributed by atoms with E-state index in [1.807, 2.05) is 0 Å². The van der Waals surface area contributed by atoms with Crippen molar-refractivity contribution >= 4 is 52.7 Å². The number of benzene rings is 1. The monoisotopic (exact) mass is 534 g/mol. The summed E-state index contributed by atoms with van der Waals surface area (Å²) < 4.78 is 9.23. The molecular formula is C24H24Cl2N4O4S. The van der Waals surface area contributed by atoms with Crippen LogP contribution in [0.4, 0.5) is 5.69 Å². The molecular weight excluding hydrogens is 511 g/mol. The highest BCUT2D eigenvalue weighted by Crippen LogP contribution is 2.32. The standard InChI is InChI=1S/C24H24Cl2N4O4S/c25-14-1-5-19(26)17(11-14)22-6-2-15(34-22)12-28-21(8-10-29-35-16-3-4-16)23(31)30-20-7-9-27-13-18(20)24(32)33/h1-2,5-7,9,11,13,16,21,28-29H,3-4,8,10,12H2,(H,32,33)(H,27,30,31). The van der Waals surface area contributed by atoms with Gasteiger partial charge in [0, 0.05) is 34.8 Å². The number of carbonyl (C=O) groups is 2. The molecule has 1 amide bonds. The molecule has 3 aromatic rings. The molecule has 1 aliphatic carbocycles. The zero-order valence-corrected chi connectivity index (χ0v) is 20.9. The van der Waals surface area contributed by atoms with E-state index in [1.165, 1.54) is 31.3 Å². The first-order valence-corrected chi connectivity index (χ1v) is 12.7. The van der Waals surface area contributed by atoms with E-state index in [4.69, 9.17) is 27.6 Å². The first-order valence-electron chi connectivity index (χ1n) is 11.0. The molecule has 184 valence electrons. The van der Waals surface area contributed by atoms with Crippen molar-refractivity contribution in [2.24, 2.45) is 0 Å². The molecule has 8 nitrogen and oxygen atoms in total. The quantitative estimate of drug-likeness (QED) is 0.184. The van der Waals surface area contributed by atoms with E-state index in [9.17, 15) is 14.7 Å². The highest BCUT2D eigenvalue weighted by Gasteiger charge is 2.24. The first kappa shape index (κ1) is 25.5. The number of aromatic nitrogens is 1. The second kappa shape index (κ2) is 11.9. The Morgan fingerprint density at radius 3 is 2.80 bits per heavy atom. The molecule has 2 aromatic heterocycles. The number of carboxylic acid groups (broad SMARTS) is 1. The fourth-order valence-corrected chi connectivity index (χ4v) is 4.54. The largest absolute Gasteiger partial charge is 0.478 e. The summed E-state index contributed by atoms with van der Waals surface area (Å²) in [5.41, 5.74) is 0.802. The Hall–Kier alpha value is -2.56. The number of nitrogens with zero attached hydrogens (tertiary/aromatic N) is 1. The Balaban J connectivity index is 1.42. The lowest BCUT2D eigenvalue weighted by Gasteiger charge is -2.19. The second-order valence-corrected chi connectivity index (χ2v) is 10.1. The van der Waals surface area contributed by atoms with Crippen LogP contribution in [-0.4, -0.2) is 39.8 Å². The van der Waals surface area contributed by atoms with Crippen molar-refractivity contribution < 1.29 is 19.1 Å². The number of carbonyl (C=O) groups excluding carboxylic acids is 1. The third-order valence-corrected chi connectivity index (χ3v) is 7.05. The number of rotatable bonds is 12. The number of nitrogens with one attached hydrogen (secondary N) is 3. The molecule has 11 heteroatoms. The number of hydrogen-bond acceptors (Lipinski definition) is 7. The van der Waals surface area contributed by atoms with Crippen LogP contribution >= 0.6 is 35.1 Å². The zero-order valence-electron chi connectivity index (χ0n) is 18.6. The van der Waals surface area contributed by atoms with Crippen LogP contribution < -0.4 is 15.4 Å². The van der Waals surface area contributed by atoms with Gasteiger partial charge in [-0.1, -0.05) is 35.1 Å². The van der Waals surface area contributed by atoms with Crippen LogP contribution in [0.1, 0.15) is 35.4 Å². The van der Waals surface area contributed by atoms with Crippen molar-refractivity contribution in [1.29, 1.82) is 0 Å². The van der Waals surface area contributed by atoms with E-state index in [0.717, 1.165) is 0 Å². The minimum absolute atomic E-state index is 0.0731. The van der Waals surface area contributed by atoms with Gasteiger partial charge in [-0.15, -0.1) is 0 Å². The first-order chi connectivity index (χ1) is 16.9. The lowest BCUT2D eigenvalue weighted by Crippen LogP contribution is -2.42. The van der Waals surface area contributed by atoms with Crippen LogP contribution in [0.2, 0.25) is 10.0 Å². The molecule has 1 aromatic carbocycles. The molecule has 0 spiro atoms. The van der Waals surface area contributed by atoms with Gasteiger partial charge >= 0.3 is 5.97 Å². The van der Waals surface area contributed by atoms with E-state index < -0.39 is 12.0 Å². The predicted molar refractivity (Wildman–Crippen MR) is 138 cm³/mol. The number of halogens is 2. The molecule has 4 N–H and O–H groups in total. The van der Waals surface area contributed by atoms with E-state index in [2.05, 4.69) is 20.3 Å². The molecule has 1 aliphatic rings. The predicted octanol–water partition coefficient (Wildman–Crippen LogP) is 5.23. The average Bonchev–Trinajstić information content (AvgIpc) is 3.55. The third-order valence-electron chi connectivity index (χ3n) is 5.31. The molecule has 1 fully saturated rings. The summed E-state index contributed by atoms with van der Waals surface area (Å²) in [6, 6.07) is 9.61. The summed E-state index contributed by atoms with van der Waals surface area (Å²) in [6.45, 7) is 0.893. The van der Waals surface area contributed by atoms with Crippen LogP contribution in [0.25, 0.3) is 11.3 Å². The Morgan fingerprint density at radius 2 is 2.03 bits per heavy atom. The summed E-state index contributed by atoms with van der Waals surface area (Å²) >= 11 is 14.0. The number of hydrogen-bond donors (Lipinski definition) is 4. The summed E-state index contributed by atoms with van der Waals surface area (Å²) in [5, 5.41) is 17.0. The molecule has 4 rings (SSSR count). The van der Waals surface area contributed by atoms with Crippen molar-refractivity contribution in [2.75, 3.05) is 11.9 Å². The van der Waals surface area contributed by atoms with Crippen molar-refractivity contribution in [3.63, 3.8) is 0 Å². The van der Waals surface area contributed by atoms with Gasteiger partial charge in [0.05, 0.1) is 23.3 Å². The molecule has 0 radical (unpaired) electrons. The van der Waals surface area contributed by atoms with Gasteiger partial charge in [-0.3, -0.25) is 19.8 Å². The highest BCUT2D eigenvalue weighted by atomic mass is 35.5. The lowest BCUT2D eigenvalue weighted by molar-refractivity contribution is -0.118. The van der Waals surface area contributed by atoms with Crippen LogP contribution in [-0.2, 0) is 11.3 Å². The number of anilines is 1. The Morgan fingerprint density at radius 1 is 1.20 bits per heavy atom. The summed E-state index contributed by atoms with van der Waals surface area (Å²) in [6.07, 6.45) is 5.55. The topological polar surface area (TPSA) is 116 Å². The Kier molecular flexibility index (Phi) is 8.69. The molecule has 0 bridgehead atoms. The van der Waals surface area contributed by atoms with Crippen molar-refractivity contribution in [1.82, 2.24) is 15.0 Å². The molecule has 0 saturated heterocycles. The van der Waals surface area contributed by atoms with Gasteiger partial charge < -0.3 is 14.8 Å². The molecule has 0 aliphatic heterocycles. The van der Waals surface area contributed by atoms with Crippen LogP contribution in [0.3, 0.4) is 0 Å². The summed E-state index contributed by atoms with van der Waals surface area (Å²) in [5.74, 6) is -0.324. The maximum atomic E-state index is 13.1. The van der Waals surface area contributed by atoms with Crippen LogP contribution in [0, 0.1) is 0 Å². The van der Waals surface area contributed by atoms with Crippen molar-refractivity contribution in [3.8, 4) is 11.3 Å². The van der Waals surface area contributed by atoms with E-state index in [0.29, 0.717) is 45.3 Å². The summed E-state index contributed by atoms with van der Waals surface area (Å²) in [7, 11) is 0. The maximum Gasteiger partial charge on any atom is 0.339 e. The summed E-state index contributed by atoms with van der Waals surface area (Å²) in [4.78, 5) is 28.4. The Labute approximate surface area is 216 Å². The van der Waals surface area contributed by atoms with Gasteiger partial charge in [-0.2, -0.15) is 0 Å². The smallest absolute Gasteiger partial charge is 0.339 e.